The topological polar surface area (TPSA) is 76.7 Å². The monoisotopic (exact) mass is 336 g/mol. The number of amides is 2. The second kappa shape index (κ2) is 7.88. The zero-order valence-electron chi connectivity index (χ0n) is 13.4. The quantitative estimate of drug-likeness (QED) is 0.843. The van der Waals surface area contributed by atoms with Crippen LogP contribution in [-0.4, -0.2) is 25.2 Å². The van der Waals surface area contributed by atoms with Crippen molar-refractivity contribution in [1.29, 1.82) is 0 Å². The molecular weight excluding hydrogens is 320 g/mol. The Kier molecular flexibility index (Phi) is 5.17. The molecule has 0 aromatic heterocycles. The van der Waals surface area contributed by atoms with E-state index in [1.807, 2.05) is 30.3 Å². The van der Waals surface area contributed by atoms with Gasteiger partial charge in [-0.3, -0.25) is 4.79 Å². The number of rotatable bonds is 3. The van der Waals surface area contributed by atoms with E-state index in [0.717, 1.165) is 5.56 Å². The lowest BCUT2D eigenvalue weighted by Crippen LogP contribution is -2.25. The summed E-state index contributed by atoms with van der Waals surface area (Å²) in [4.78, 5) is 22.9. The number of carbonyl (C=O) groups excluding carboxylic acids is 2. The van der Waals surface area contributed by atoms with Gasteiger partial charge in [-0.1, -0.05) is 42.2 Å². The number of hydrogen-bond donors (Lipinski definition) is 2. The van der Waals surface area contributed by atoms with E-state index in [2.05, 4.69) is 22.5 Å². The largest absolute Gasteiger partial charge is 0.482 e. The van der Waals surface area contributed by atoms with Gasteiger partial charge in [0.1, 0.15) is 12.4 Å². The molecule has 126 valence electrons. The average Bonchev–Trinajstić information content (AvgIpc) is 2.64. The minimum absolute atomic E-state index is 0.0209. The van der Waals surface area contributed by atoms with Crippen LogP contribution in [0.3, 0.4) is 0 Å². The number of anilines is 1. The fourth-order valence-electron chi connectivity index (χ4n) is 2.20. The van der Waals surface area contributed by atoms with Gasteiger partial charge in [0.25, 0.3) is 5.91 Å². The molecule has 2 aromatic carbocycles. The first kappa shape index (κ1) is 16.4. The lowest BCUT2D eigenvalue weighted by molar-refractivity contribution is -0.118. The molecule has 25 heavy (non-hydrogen) atoms. The summed E-state index contributed by atoms with van der Waals surface area (Å²) in [7, 11) is 0. The van der Waals surface area contributed by atoms with Crippen LogP contribution >= 0.6 is 0 Å². The maximum atomic E-state index is 11.6. The Morgan fingerprint density at radius 2 is 2.08 bits per heavy atom. The summed E-state index contributed by atoms with van der Waals surface area (Å²) in [6.45, 7) is 0.394. The first-order chi connectivity index (χ1) is 12.2. The van der Waals surface area contributed by atoms with E-state index < -0.39 is 6.09 Å². The van der Waals surface area contributed by atoms with Gasteiger partial charge in [0.2, 0.25) is 0 Å². The van der Waals surface area contributed by atoms with Gasteiger partial charge in [-0.25, -0.2) is 4.79 Å². The van der Waals surface area contributed by atoms with Crippen molar-refractivity contribution in [2.75, 3.05) is 18.5 Å². The summed E-state index contributed by atoms with van der Waals surface area (Å²) in [5.41, 5.74) is 2.23. The molecule has 3 rings (SSSR count). The molecule has 0 bridgehead atoms. The Bertz CT molecular complexity index is 837. The molecule has 0 fully saturated rings. The van der Waals surface area contributed by atoms with Crippen LogP contribution in [-0.2, 0) is 16.1 Å². The van der Waals surface area contributed by atoms with Crippen LogP contribution in [0.25, 0.3) is 0 Å². The average molecular weight is 336 g/mol. The molecule has 6 heteroatoms. The predicted molar refractivity (Wildman–Crippen MR) is 92.1 cm³/mol. The van der Waals surface area contributed by atoms with Gasteiger partial charge in [-0.05, 0) is 23.8 Å². The van der Waals surface area contributed by atoms with Crippen LogP contribution in [0, 0.1) is 11.8 Å². The highest BCUT2D eigenvalue weighted by molar-refractivity contribution is 5.95. The third kappa shape index (κ3) is 4.75. The number of carbonyl (C=O) groups is 2. The summed E-state index contributed by atoms with van der Waals surface area (Å²) in [6, 6.07) is 14.7. The normalized spacial score (nSPS) is 11.9. The van der Waals surface area contributed by atoms with E-state index in [1.165, 1.54) is 0 Å². The third-order valence-electron chi connectivity index (χ3n) is 3.38. The first-order valence-corrected chi connectivity index (χ1v) is 7.71. The van der Waals surface area contributed by atoms with E-state index in [1.54, 1.807) is 18.2 Å². The van der Waals surface area contributed by atoms with E-state index in [4.69, 9.17) is 9.47 Å². The number of alkyl carbamates (subject to hydrolysis) is 1. The molecule has 0 atom stereocenters. The van der Waals surface area contributed by atoms with Gasteiger partial charge >= 0.3 is 6.09 Å². The molecule has 0 saturated heterocycles. The molecule has 0 unspecified atom stereocenters. The molecule has 1 aliphatic rings. The lowest BCUT2D eigenvalue weighted by Gasteiger charge is -2.17. The van der Waals surface area contributed by atoms with Crippen molar-refractivity contribution in [3.63, 3.8) is 0 Å². The van der Waals surface area contributed by atoms with E-state index in [9.17, 15) is 9.59 Å². The second-order valence-electron chi connectivity index (χ2n) is 5.26. The summed E-state index contributed by atoms with van der Waals surface area (Å²) in [6.07, 6.45) is -0.524. The minimum Gasteiger partial charge on any atom is -0.482 e. The molecule has 1 aliphatic heterocycles. The number of ether oxygens (including phenoxy) is 2. The zero-order chi connectivity index (χ0) is 17.5. The Morgan fingerprint density at radius 3 is 2.92 bits per heavy atom. The third-order valence-corrected chi connectivity index (χ3v) is 3.38. The Morgan fingerprint density at radius 1 is 1.24 bits per heavy atom. The van der Waals surface area contributed by atoms with Crippen LogP contribution in [0.4, 0.5) is 10.5 Å². The van der Waals surface area contributed by atoms with Crippen LogP contribution in [0.5, 0.6) is 5.75 Å². The van der Waals surface area contributed by atoms with Crippen molar-refractivity contribution >= 4 is 17.7 Å². The number of benzene rings is 2. The standard InChI is InChI=1S/C19H16N2O4/c22-18-13-24-17-9-8-14(11-16(17)21-18)7-4-10-20-19(23)25-12-15-5-2-1-3-6-15/h1-3,5-6,8-9,11H,10,12-13H2,(H,20,23)(H,21,22). The molecule has 2 aromatic rings. The highest BCUT2D eigenvalue weighted by Gasteiger charge is 2.15. The molecule has 6 nitrogen and oxygen atoms in total. The minimum atomic E-state index is -0.524. The molecule has 0 aliphatic carbocycles. The van der Waals surface area contributed by atoms with E-state index >= 15 is 0 Å². The number of hydrogen-bond acceptors (Lipinski definition) is 4. The Labute approximate surface area is 145 Å². The van der Waals surface area contributed by atoms with Crippen LogP contribution in [0.2, 0.25) is 0 Å². The van der Waals surface area contributed by atoms with Crippen molar-refractivity contribution in [1.82, 2.24) is 5.32 Å². The fraction of sp³-hybridized carbons (Fsp3) is 0.158. The summed E-state index contributed by atoms with van der Waals surface area (Å²) >= 11 is 0. The Hall–Kier alpha value is -3.46. The SMILES string of the molecule is O=C1COc2ccc(C#CCNC(=O)OCc3ccccc3)cc2N1. The van der Waals surface area contributed by atoms with Crippen molar-refractivity contribution in [3.8, 4) is 17.6 Å². The molecular formula is C19H16N2O4. The van der Waals surface area contributed by atoms with Gasteiger partial charge in [-0.2, -0.15) is 0 Å². The van der Waals surface area contributed by atoms with Gasteiger partial charge in [0.05, 0.1) is 12.2 Å². The summed E-state index contributed by atoms with van der Waals surface area (Å²) in [5, 5.41) is 5.28. The van der Waals surface area contributed by atoms with Crippen molar-refractivity contribution < 1.29 is 19.1 Å². The van der Waals surface area contributed by atoms with E-state index in [-0.39, 0.29) is 25.7 Å². The number of nitrogens with one attached hydrogen (secondary N) is 2. The number of fused-ring (bicyclic) bond motifs is 1. The highest BCUT2D eigenvalue weighted by atomic mass is 16.5. The maximum Gasteiger partial charge on any atom is 0.408 e. The summed E-state index contributed by atoms with van der Waals surface area (Å²) < 4.78 is 10.4. The van der Waals surface area contributed by atoms with Gasteiger partial charge in [0, 0.05) is 5.56 Å². The molecule has 0 saturated carbocycles. The molecule has 0 spiro atoms. The smallest absolute Gasteiger partial charge is 0.408 e. The van der Waals surface area contributed by atoms with Gasteiger partial charge in [-0.15, -0.1) is 0 Å². The molecule has 1 heterocycles. The second-order valence-corrected chi connectivity index (χ2v) is 5.26. The highest BCUT2D eigenvalue weighted by Crippen LogP contribution is 2.27. The first-order valence-electron chi connectivity index (χ1n) is 7.71. The maximum absolute atomic E-state index is 11.6. The van der Waals surface area contributed by atoms with Gasteiger partial charge < -0.3 is 20.1 Å². The van der Waals surface area contributed by atoms with Crippen LogP contribution in [0.15, 0.2) is 48.5 Å². The van der Waals surface area contributed by atoms with Crippen molar-refractivity contribution in [3.05, 3.63) is 59.7 Å². The van der Waals surface area contributed by atoms with Gasteiger partial charge in [0.15, 0.2) is 6.61 Å². The van der Waals surface area contributed by atoms with Crippen LogP contribution < -0.4 is 15.4 Å². The predicted octanol–water partition coefficient (Wildman–Crippen LogP) is 2.30. The summed E-state index contributed by atoms with van der Waals surface area (Å²) in [5.74, 6) is 6.17. The fourth-order valence-corrected chi connectivity index (χ4v) is 2.20. The molecule has 2 amide bonds. The molecule has 2 N–H and O–H groups in total. The van der Waals surface area contributed by atoms with Crippen LogP contribution in [0.1, 0.15) is 11.1 Å². The molecule has 0 radical (unpaired) electrons. The Balaban J connectivity index is 1.47. The van der Waals surface area contributed by atoms with Crippen molar-refractivity contribution in [2.45, 2.75) is 6.61 Å². The van der Waals surface area contributed by atoms with E-state index in [0.29, 0.717) is 17.0 Å². The zero-order valence-corrected chi connectivity index (χ0v) is 13.4. The van der Waals surface area contributed by atoms with Crippen molar-refractivity contribution in [2.24, 2.45) is 0 Å². The lowest BCUT2D eigenvalue weighted by atomic mass is 10.1.